The monoisotopic (exact) mass is 332 g/mol. The number of benzene rings is 2. The maximum atomic E-state index is 12.1. The van der Waals surface area contributed by atoms with E-state index in [0.29, 0.717) is 12.4 Å². The summed E-state index contributed by atoms with van der Waals surface area (Å²) < 4.78 is 6.77. The third-order valence-corrected chi connectivity index (χ3v) is 3.57. The van der Waals surface area contributed by atoms with E-state index >= 15 is 0 Å². The van der Waals surface area contributed by atoms with Gasteiger partial charge in [-0.25, -0.2) is 9.48 Å². The first kappa shape index (κ1) is 16.3. The molecular weight excluding hydrogens is 316 g/mol. The number of carbonyl (C=O) groups is 1. The molecule has 3 rings (SSSR count). The number of nitriles is 1. The fraction of sp³-hybridized carbons (Fsp3) is 0.105. The van der Waals surface area contributed by atoms with Crippen molar-refractivity contribution in [3.05, 3.63) is 83.6 Å². The van der Waals surface area contributed by atoms with Crippen LogP contribution in [0.3, 0.4) is 0 Å². The van der Waals surface area contributed by atoms with E-state index in [0.717, 1.165) is 11.1 Å². The van der Waals surface area contributed by atoms with E-state index in [2.05, 4.69) is 10.4 Å². The summed E-state index contributed by atoms with van der Waals surface area (Å²) in [6.45, 7) is 0.595. The molecule has 0 bridgehead atoms. The van der Waals surface area contributed by atoms with Crippen molar-refractivity contribution in [2.75, 3.05) is 5.32 Å². The SMILES string of the molecule is N#Cc1cnn(Cc2ccccc2)c1NC(=O)OCc1ccccc1. The van der Waals surface area contributed by atoms with Crippen LogP contribution in [0, 0.1) is 11.3 Å². The Labute approximate surface area is 145 Å². The highest BCUT2D eigenvalue weighted by atomic mass is 16.5. The van der Waals surface area contributed by atoms with Crippen molar-refractivity contribution in [2.45, 2.75) is 13.2 Å². The third-order valence-electron chi connectivity index (χ3n) is 3.57. The number of anilines is 1. The minimum Gasteiger partial charge on any atom is -0.444 e. The van der Waals surface area contributed by atoms with Crippen LogP contribution in [0.4, 0.5) is 10.6 Å². The van der Waals surface area contributed by atoms with Gasteiger partial charge in [-0.15, -0.1) is 0 Å². The molecule has 0 aliphatic heterocycles. The summed E-state index contributed by atoms with van der Waals surface area (Å²) in [6.07, 6.45) is 0.797. The minimum atomic E-state index is -0.629. The molecule has 124 valence electrons. The Balaban J connectivity index is 1.69. The second-order valence-electron chi connectivity index (χ2n) is 5.35. The summed E-state index contributed by atoms with van der Waals surface area (Å²) in [5.41, 5.74) is 2.18. The van der Waals surface area contributed by atoms with Gasteiger partial charge in [0.1, 0.15) is 18.2 Å². The van der Waals surface area contributed by atoms with Gasteiger partial charge in [-0.3, -0.25) is 5.32 Å². The quantitative estimate of drug-likeness (QED) is 0.775. The van der Waals surface area contributed by atoms with Gasteiger partial charge in [0.05, 0.1) is 12.7 Å². The number of aromatic nitrogens is 2. The van der Waals surface area contributed by atoms with Crippen LogP contribution in [0.15, 0.2) is 66.9 Å². The number of nitrogens with zero attached hydrogens (tertiary/aromatic N) is 3. The molecular formula is C19H16N4O2. The van der Waals surface area contributed by atoms with Gasteiger partial charge < -0.3 is 4.74 Å². The fourth-order valence-electron chi connectivity index (χ4n) is 2.33. The van der Waals surface area contributed by atoms with Crippen molar-refractivity contribution >= 4 is 11.9 Å². The lowest BCUT2D eigenvalue weighted by molar-refractivity contribution is 0.155. The predicted octanol–water partition coefficient (Wildman–Crippen LogP) is 3.55. The molecule has 0 aliphatic rings. The van der Waals surface area contributed by atoms with Gasteiger partial charge in [0.25, 0.3) is 0 Å². The summed E-state index contributed by atoms with van der Waals surface area (Å²) in [5.74, 6) is 0.324. The van der Waals surface area contributed by atoms with Gasteiger partial charge in [-0.1, -0.05) is 60.7 Å². The molecule has 6 nitrogen and oxygen atoms in total. The summed E-state index contributed by atoms with van der Waals surface area (Å²) in [6, 6.07) is 21.1. The zero-order chi connectivity index (χ0) is 17.5. The highest BCUT2D eigenvalue weighted by Crippen LogP contribution is 2.16. The number of nitrogens with one attached hydrogen (secondary N) is 1. The van der Waals surface area contributed by atoms with Gasteiger partial charge in [0, 0.05) is 0 Å². The Bertz CT molecular complexity index is 883. The Morgan fingerprint density at radius 1 is 1.08 bits per heavy atom. The molecule has 3 aromatic rings. The number of hydrogen-bond donors (Lipinski definition) is 1. The van der Waals surface area contributed by atoms with E-state index in [1.54, 1.807) is 4.68 Å². The van der Waals surface area contributed by atoms with E-state index < -0.39 is 6.09 Å². The fourth-order valence-corrected chi connectivity index (χ4v) is 2.33. The predicted molar refractivity (Wildman–Crippen MR) is 92.7 cm³/mol. The van der Waals surface area contributed by atoms with Gasteiger partial charge in [0.15, 0.2) is 5.82 Å². The molecule has 0 radical (unpaired) electrons. The molecule has 6 heteroatoms. The number of hydrogen-bond acceptors (Lipinski definition) is 4. The number of amides is 1. The smallest absolute Gasteiger partial charge is 0.413 e. The van der Waals surface area contributed by atoms with Crippen LogP contribution < -0.4 is 5.32 Å². The first-order chi connectivity index (χ1) is 12.3. The zero-order valence-electron chi connectivity index (χ0n) is 13.4. The lowest BCUT2D eigenvalue weighted by atomic mass is 10.2. The minimum absolute atomic E-state index is 0.154. The van der Waals surface area contributed by atoms with E-state index in [1.165, 1.54) is 6.20 Å². The first-order valence-corrected chi connectivity index (χ1v) is 7.74. The summed E-state index contributed by atoms with van der Waals surface area (Å²) >= 11 is 0. The van der Waals surface area contributed by atoms with Crippen molar-refractivity contribution in [3.8, 4) is 6.07 Å². The lowest BCUT2D eigenvalue weighted by Gasteiger charge is -2.10. The van der Waals surface area contributed by atoms with E-state index in [1.807, 2.05) is 66.7 Å². The zero-order valence-corrected chi connectivity index (χ0v) is 13.4. The molecule has 0 fully saturated rings. The van der Waals surface area contributed by atoms with Crippen LogP contribution in [0.25, 0.3) is 0 Å². The van der Waals surface area contributed by atoms with Crippen LogP contribution in [-0.2, 0) is 17.9 Å². The van der Waals surface area contributed by atoms with Gasteiger partial charge in [0.2, 0.25) is 0 Å². The largest absolute Gasteiger partial charge is 0.444 e. The molecule has 2 aromatic carbocycles. The molecule has 0 unspecified atom stereocenters. The summed E-state index contributed by atoms with van der Waals surface area (Å²) in [5, 5.41) is 16.0. The van der Waals surface area contributed by atoms with E-state index in [-0.39, 0.29) is 12.2 Å². The molecule has 25 heavy (non-hydrogen) atoms. The molecule has 0 saturated heterocycles. The molecule has 1 aromatic heterocycles. The molecule has 0 aliphatic carbocycles. The van der Waals surface area contributed by atoms with Crippen molar-refractivity contribution in [3.63, 3.8) is 0 Å². The van der Waals surface area contributed by atoms with Crippen molar-refractivity contribution in [1.29, 1.82) is 5.26 Å². The van der Waals surface area contributed by atoms with Gasteiger partial charge >= 0.3 is 6.09 Å². The third kappa shape index (κ3) is 4.24. The molecule has 1 N–H and O–H groups in total. The topological polar surface area (TPSA) is 79.9 Å². The number of ether oxygens (including phenoxy) is 1. The van der Waals surface area contributed by atoms with Crippen LogP contribution in [0.5, 0.6) is 0 Å². The Morgan fingerprint density at radius 3 is 2.36 bits per heavy atom. The number of carbonyl (C=O) groups excluding carboxylic acids is 1. The Morgan fingerprint density at radius 2 is 1.72 bits per heavy atom. The second-order valence-corrected chi connectivity index (χ2v) is 5.35. The highest BCUT2D eigenvalue weighted by Gasteiger charge is 2.15. The molecule has 1 amide bonds. The maximum Gasteiger partial charge on any atom is 0.413 e. The van der Waals surface area contributed by atoms with Crippen molar-refractivity contribution < 1.29 is 9.53 Å². The van der Waals surface area contributed by atoms with Crippen molar-refractivity contribution in [2.24, 2.45) is 0 Å². The molecule has 0 saturated carbocycles. The Kier molecular flexibility index (Phi) is 5.07. The maximum absolute atomic E-state index is 12.1. The van der Waals surface area contributed by atoms with Gasteiger partial charge in [-0.05, 0) is 11.1 Å². The van der Waals surface area contributed by atoms with Gasteiger partial charge in [-0.2, -0.15) is 10.4 Å². The summed E-state index contributed by atoms with van der Waals surface area (Å²) in [4.78, 5) is 12.1. The van der Waals surface area contributed by atoms with Crippen LogP contribution in [0.2, 0.25) is 0 Å². The lowest BCUT2D eigenvalue weighted by Crippen LogP contribution is -2.18. The van der Waals surface area contributed by atoms with Crippen LogP contribution in [0.1, 0.15) is 16.7 Å². The average molecular weight is 332 g/mol. The first-order valence-electron chi connectivity index (χ1n) is 7.74. The second kappa shape index (κ2) is 7.79. The Hall–Kier alpha value is -3.59. The van der Waals surface area contributed by atoms with E-state index in [9.17, 15) is 10.1 Å². The molecule has 0 atom stereocenters. The normalized spacial score (nSPS) is 10.0. The van der Waals surface area contributed by atoms with Crippen LogP contribution in [-0.4, -0.2) is 15.9 Å². The van der Waals surface area contributed by atoms with Crippen LogP contribution >= 0.6 is 0 Å². The highest BCUT2D eigenvalue weighted by molar-refractivity contribution is 5.85. The molecule has 0 spiro atoms. The summed E-state index contributed by atoms with van der Waals surface area (Å²) in [7, 11) is 0. The van der Waals surface area contributed by atoms with Crippen molar-refractivity contribution in [1.82, 2.24) is 9.78 Å². The van der Waals surface area contributed by atoms with E-state index in [4.69, 9.17) is 4.74 Å². The average Bonchev–Trinajstić information content (AvgIpc) is 3.03. The standard InChI is InChI=1S/C19H16N4O2/c20-11-17-12-21-23(13-15-7-3-1-4-8-15)18(17)22-19(24)25-14-16-9-5-2-6-10-16/h1-10,12H,13-14H2,(H,22,24). The number of rotatable bonds is 5. The molecule has 1 heterocycles.